The summed E-state index contributed by atoms with van der Waals surface area (Å²) >= 11 is 0. The predicted molar refractivity (Wildman–Crippen MR) is 151 cm³/mol. The molecule has 1 aromatic rings. The summed E-state index contributed by atoms with van der Waals surface area (Å²) in [7, 11) is 0. The van der Waals surface area contributed by atoms with Crippen LogP contribution in [0.15, 0.2) is 18.2 Å². The molecule has 2 atom stereocenters. The molecule has 0 aliphatic heterocycles. The molecule has 1 aromatic carbocycles. The number of hydrogen-bond acceptors (Lipinski definition) is 7. The Balaban J connectivity index is 3.57. The lowest BCUT2D eigenvalue weighted by molar-refractivity contribution is -0.149. The second-order valence-corrected chi connectivity index (χ2v) is 11.8. The Hall–Kier alpha value is -3.63. The van der Waals surface area contributed by atoms with Crippen LogP contribution in [-0.2, 0) is 28.7 Å². The summed E-state index contributed by atoms with van der Waals surface area (Å²) < 4.78 is 10.3. The molecule has 0 aromatic heterocycles. The first-order chi connectivity index (χ1) is 18.4. The second-order valence-electron chi connectivity index (χ2n) is 11.8. The van der Waals surface area contributed by atoms with Crippen LogP contribution < -0.4 is 16.4 Å². The Kier molecular flexibility index (Phi) is 12.6. The Labute approximate surface area is 237 Å². The van der Waals surface area contributed by atoms with Crippen molar-refractivity contribution in [3.05, 3.63) is 34.9 Å². The van der Waals surface area contributed by atoms with Gasteiger partial charge in [0.05, 0.1) is 13.0 Å². The van der Waals surface area contributed by atoms with E-state index in [-0.39, 0.29) is 32.4 Å². The van der Waals surface area contributed by atoms with Crippen LogP contribution in [0.5, 0.6) is 0 Å². The number of carbonyl (C=O) groups excluding carboxylic acids is 5. The molecule has 0 heterocycles. The minimum Gasteiger partial charge on any atom is -0.466 e. The Morgan fingerprint density at radius 3 is 2.00 bits per heavy atom. The minimum atomic E-state index is -1.21. The summed E-state index contributed by atoms with van der Waals surface area (Å²) in [5.74, 6) is -2.20. The molecule has 1 rings (SSSR count). The van der Waals surface area contributed by atoms with E-state index < -0.39 is 53.0 Å². The van der Waals surface area contributed by atoms with Crippen molar-refractivity contribution in [3.8, 4) is 0 Å². The third-order valence-electron chi connectivity index (χ3n) is 5.63. The van der Waals surface area contributed by atoms with Gasteiger partial charge in [0.25, 0.3) is 0 Å². The zero-order valence-electron chi connectivity index (χ0n) is 25.3. The van der Waals surface area contributed by atoms with Crippen molar-refractivity contribution < 1.29 is 33.4 Å². The van der Waals surface area contributed by atoms with Crippen LogP contribution in [0.25, 0.3) is 0 Å². The number of rotatable bonds is 12. The maximum absolute atomic E-state index is 14.2. The summed E-state index contributed by atoms with van der Waals surface area (Å²) in [6.07, 6.45) is -1.15. The SMILES string of the molecule is CCOC(=O)CCNC(=O)C(c1cc(C)cc(C)c1)N(C(=O)C(CCC(N)=O)NC(=O)OC(C)(C)C)C(C)(C)C. The molecular formula is C29H46N4O7. The molecule has 0 fully saturated rings. The first kappa shape index (κ1) is 34.4. The molecule has 0 saturated heterocycles. The van der Waals surface area contributed by atoms with E-state index in [1.54, 1.807) is 48.5 Å². The van der Waals surface area contributed by atoms with Gasteiger partial charge in [-0.3, -0.25) is 19.2 Å². The molecule has 0 bridgehead atoms. The first-order valence-electron chi connectivity index (χ1n) is 13.5. The van der Waals surface area contributed by atoms with E-state index in [9.17, 15) is 24.0 Å². The number of ether oxygens (including phenoxy) is 2. The summed E-state index contributed by atoms with van der Waals surface area (Å²) in [6, 6.07) is 3.25. The van der Waals surface area contributed by atoms with Gasteiger partial charge in [-0.1, -0.05) is 29.3 Å². The Bertz CT molecular complexity index is 1050. The monoisotopic (exact) mass is 562 g/mol. The normalized spacial score (nSPS) is 13.0. The molecule has 224 valence electrons. The molecule has 0 aliphatic rings. The lowest BCUT2D eigenvalue weighted by Crippen LogP contribution is -2.58. The highest BCUT2D eigenvalue weighted by Gasteiger charge is 2.42. The number of nitrogens with one attached hydrogen (secondary N) is 2. The van der Waals surface area contributed by atoms with E-state index in [1.165, 1.54) is 4.90 Å². The van der Waals surface area contributed by atoms with Gasteiger partial charge in [-0.05, 0) is 74.3 Å². The third-order valence-corrected chi connectivity index (χ3v) is 5.63. The third kappa shape index (κ3) is 11.6. The molecule has 11 nitrogen and oxygen atoms in total. The molecule has 11 heteroatoms. The van der Waals surface area contributed by atoms with Crippen LogP contribution in [0, 0.1) is 13.8 Å². The minimum absolute atomic E-state index is 0.00635. The number of nitrogens with two attached hydrogens (primary N) is 1. The quantitative estimate of drug-likeness (QED) is 0.330. The number of amides is 4. The van der Waals surface area contributed by atoms with Crippen LogP contribution in [0.2, 0.25) is 0 Å². The molecule has 4 amide bonds. The molecule has 0 aliphatic carbocycles. The van der Waals surface area contributed by atoms with E-state index in [0.29, 0.717) is 5.56 Å². The van der Waals surface area contributed by atoms with Gasteiger partial charge >= 0.3 is 12.1 Å². The lowest BCUT2D eigenvalue weighted by atomic mass is 9.93. The molecule has 40 heavy (non-hydrogen) atoms. The van der Waals surface area contributed by atoms with E-state index in [2.05, 4.69) is 10.6 Å². The largest absolute Gasteiger partial charge is 0.466 e. The number of esters is 1. The summed E-state index contributed by atoms with van der Waals surface area (Å²) in [5.41, 5.74) is 5.94. The van der Waals surface area contributed by atoms with Crippen LogP contribution in [0.1, 0.15) is 90.5 Å². The number of hydrogen-bond donors (Lipinski definition) is 3. The second kappa shape index (κ2) is 14.7. The average Bonchev–Trinajstić information content (AvgIpc) is 2.76. The summed E-state index contributed by atoms with van der Waals surface area (Å²) in [4.78, 5) is 65.5. The zero-order valence-corrected chi connectivity index (χ0v) is 25.3. The number of aryl methyl sites for hydroxylation is 2. The number of benzene rings is 1. The maximum Gasteiger partial charge on any atom is 0.408 e. The van der Waals surface area contributed by atoms with Gasteiger partial charge in [-0.2, -0.15) is 0 Å². The average molecular weight is 563 g/mol. The van der Waals surface area contributed by atoms with Gasteiger partial charge in [0.2, 0.25) is 17.7 Å². The van der Waals surface area contributed by atoms with Crippen LogP contribution in [0.3, 0.4) is 0 Å². The topological polar surface area (TPSA) is 157 Å². The molecule has 0 spiro atoms. The van der Waals surface area contributed by atoms with Crippen molar-refractivity contribution in [2.75, 3.05) is 13.2 Å². The highest BCUT2D eigenvalue weighted by atomic mass is 16.6. The molecule has 4 N–H and O–H groups in total. The molecule has 0 radical (unpaired) electrons. The van der Waals surface area contributed by atoms with E-state index in [4.69, 9.17) is 15.2 Å². The number of carbonyl (C=O) groups is 5. The van der Waals surface area contributed by atoms with Gasteiger partial charge in [0.15, 0.2) is 0 Å². The van der Waals surface area contributed by atoms with Gasteiger partial charge in [-0.25, -0.2) is 4.79 Å². The van der Waals surface area contributed by atoms with Gasteiger partial charge in [-0.15, -0.1) is 0 Å². The van der Waals surface area contributed by atoms with Crippen molar-refractivity contribution in [1.82, 2.24) is 15.5 Å². The van der Waals surface area contributed by atoms with Crippen molar-refractivity contribution in [1.29, 1.82) is 0 Å². The van der Waals surface area contributed by atoms with Gasteiger partial charge < -0.3 is 30.7 Å². The number of alkyl carbamates (subject to hydrolysis) is 1. The van der Waals surface area contributed by atoms with E-state index >= 15 is 0 Å². The van der Waals surface area contributed by atoms with Crippen LogP contribution >= 0.6 is 0 Å². The highest BCUT2D eigenvalue weighted by molar-refractivity contribution is 5.93. The predicted octanol–water partition coefficient (Wildman–Crippen LogP) is 3.20. The van der Waals surface area contributed by atoms with Crippen molar-refractivity contribution in [2.45, 2.75) is 105 Å². The van der Waals surface area contributed by atoms with E-state index in [0.717, 1.165) is 11.1 Å². The summed E-state index contributed by atoms with van der Waals surface area (Å²) in [5, 5.41) is 5.33. The van der Waals surface area contributed by atoms with Crippen molar-refractivity contribution >= 4 is 29.8 Å². The van der Waals surface area contributed by atoms with Crippen LogP contribution in [-0.4, -0.2) is 65.0 Å². The molecule has 2 unspecified atom stereocenters. The number of nitrogens with zero attached hydrogens (tertiary/aromatic N) is 1. The Morgan fingerprint density at radius 1 is 0.950 bits per heavy atom. The fourth-order valence-electron chi connectivity index (χ4n) is 4.21. The molecular weight excluding hydrogens is 516 g/mol. The first-order valence-corrected chi connectivity index (χ1v) is 13.5. The van der Waals surface area contributed by atoms with E-state index in [1.807, 2.05) is 32.0 Å². The van der Waals surface area contributed by atoms with Crippen molar-refractivity contribution in [3.63, 3.8) is 0 Å². The zero-order chi connectivity index (χ0) is 30.8. The van der Waals surface area contributed by atoms with Gasteiger partial charge in [0.1, 0.15) is 17.7 Å². The van der Waals surface area contributed by atoms with Gasteiger partial charge in [0, 0.05) is 18.5 Å². The maximum atomic E-state index is 14.2. The smallest absolute Gasteiger partial charge is 0.408 e. The fraction of sp³-hybridized carbons (Fsp3) is 0.621. The molecule has 0 saturated carbocycles. The fourth-order valence-corrected chi connectivity index (χ4v) is 4.21. The number of primary amides is 1. The highest BCUT2D eigenvalue weighted by Crippen LogP contribution is 2.31. The Morgan fingerprint density at radius 2 is 1.52 bits per heavy atom. The van der Waals surface area contributed by atoms with Crippen molar-refractivity contribution in [2.24, 2.45) is 5.73 Å². The van der Waals surface area contributed by atoms with Crippen LogP contribution in [0.4, 0.5) is 4.79 Å². The standard InChI is InChI=1S/C29H46N4O7/c1-10-39-23(35)13-14-31-25(36)24(20-16-18(2)15-19(3)17-20)33(28(4,5)6)26(37)21(11-12-22(30)34)32-27(38)40-29(7,8)9/h15-17,21,24H,10-14H2,1-9H3,(H2,30,34)(H,31,36)(H,32,38). The lowest BCUT2D eigenvalue weighted by Gasteiger charge is -2.43. The summed E-state index contributed by atoms with van der Waals surface area (Å²) in [6.45, 7) is 16.1.